The van der Waals surface area contributed by atoms with E-state index in [1.807, 2.05) is 13.8 Å². The van der Waals surface area contributed by atoms with Crippen LogP contribution in [0.2, 0.25) is 0 Å². The predicted molar refractivity (Wildman–Crippen MR) is 82.2 cm³/mol. The first-order chi connectivity index (χ1) is 10.4. The van der Waals surface area contributed by atoms with Gasteiger partial charge in [-0.1, -0.05) is 32.0 Å². The monoisotopic (exact) mass is 306 g/mol. The topological polar surface area (TPSA) is 84.5 Å². The lowest BCUT2D eigenvalue weighted by Crippen LogP contribution is -2.41. The number of amides is 2. The normalized spacial score (nSPS) is 11.6. The van der Waals surface area contributed by atoms with Crippen LogP contribution in [0.15, 0.2) is 30.3 Å². The molecule has 22 heavy (non-hydrogen) atoms. The van der Waals surface area contributed by atoms with E-state index >= 15 is 0 Å². The van der Waals surface area contributed by atoms with Crippen molar-refractivity contribution >= 4 is 17.8 Å². The summed E-state index contributed by atoms with van der Waals surface area (Å²) in [6.07, 6.45) is 0. The number of ether oxygens (including phenoxy) is 1. The Balaban J connectivity index is 2.36. The Morgan fingerprint density at radius 1 is 1.09 bits per heavy atom. The summed E-state index contributed by atoms with van der Waals surface area (Å²) < 4.78 is 4.87. The van der Waals surface area contributed by atoms with Crippen LogP contribution in [0.5, 0.6) is 0 Å². The molecule has 0 aromatic heterocycles. The number of carbonyl (C=O) groups excluding carboxylic acids is 3. The van der Waals surface area contributed by atoms with E-state index in [1.54, 1.807) is 30.3 Å². The van der Waals surface area contributed by atoms with Gasteiger partial charge in [0.25, 0.3) is 11.8 Å². The maximum atomic E-state index is 11.9. The molecule has 6 nitrogen and oxygen atoms in total. The van der Waals surface area contributed by atoms with Gasteiger partial charge in [0.1, 0.15) is 6.04 Å². The molecule has 0 aliphatic rings. The highest BCUT2D eigenvalue weighted by atomic mass is 16.5. The minimum Gasteiger partial charge on any atom is -0.454 e. The highest BCUT2D eigenvalue weighted by molar-refractivity contribution is 5.96. The van der Waals surface area contributed by atoms with E-state index < -0.39 is 12.0 Å². The van der Waals surface area contributed by atoms with Gasteiger partial charge in [-0.05, 0) is 25.0 Å². The molecule has 0 fully saturated rings. The zero-order valence-electron chi connectivity index (χ0n) is 13.1. The SMILES string of the molecule is CC(C)CNC(=O)COC(=O)[C@H](C)NC(=O)c1ccccc1. The number of nitrogens with one attached hydrogen (secondary N) is 2. The average Bonchev–Trinajstić information content (AvgIpc) is 2.51. The number of esters is 1. The largest absolute Gasteiger partial charge is 0.454 e. The number of hydrogen-bond acceptors (Lipinski definition) is 4. The van der Waals surface area contributed by atoms with Crippen molar-refractivity contribution in [2.24, 2.45) is 5.92 Å². The van der Waals surface area contributed by atoms with Crippen molar-refractivity contribution < 1.29 is 19.1 Å². The molecule has 0 spiro atoms. The van der Waals surface area contributed by atoms with E-state index in [0.717, 1.165) is 0 Å². The summed E-state index contributed by atoms with van der Waals surface area (Å²) in [6, 6.07) is 7.73. The second-order valence-corrected chi connectivity index (χ2v) is 5.37. The van der Waals surface area contributed by atoms with Gasteiger partial charge in [0, 0.05) is 12.1 Å². The Labute approximate surface area is 130 Å². The van der Waals surface area contributed by atoms with E-state index in [0.29, 0.717) is 18.0 Å². The molecule has 0 saturated carbocycles. The van der Waals surface area contributed by atoms with Crippen LogP contribution in [0.1, 0.15) is 31.1 Å². The van der Waals surface area contributed by atoms with Crippen LogP contribution in [-0.4, -0.2) is 37.0 Å². The lowest BCUT2D eigenvalue weighted by atomic mass is 10.2. The van der Waals surface area contributed by atoms with Crippen molar-refractivity contribution in [2.75, 3.05) is 13.2 Å². The third-order valence-corrected chi connectivity index (χ3v) is 2.79. The molecule has 1 aromatic carbocycles. The zero-order valence-corrected chi connectivity index (χ0v) is 13.1. The first-order valence-electron chi connectivity index (χ1n) is 7.19. The lowest BCUT2D eigenvalue weighted by molar-refractivity contribution is -0.150. The van der Waals surface area contributed by atoms with Crippen molar-refractivity contribution in [3.8, 4) is 0 Å². The van der Waals surface area contributed by atoms with Gasteiger partial charge in [-0.3, -0.25) is 9.59 Å². The molecule has 2 amide bonds. The van der Waals surface area contributed by atoms with Crippen LogP contribution in [0.25, 0.3) is 0 Å². The summed E-state index contributed by atoms with van der Waals surface area (Å²) in [5, 5.41) is 5.16. The van der Waals surface area contributed by atoms with Gasteiger partial charge < -0.3 is 15.4 Å². The summed E-state index contributed by atoms with van der Waals surface area (Å²) in [5.74, 6) is -1.05. The molecule has 6 heteroatoms. The Kier molecular flexibility index (Phi) is 7.08. The average molecular weight is 306 g/mol. The van der Waals surface area contributed by atoms with Crippen molar-refractivity contribution in [2.45, 2.75) is 26.8 Å². The van der Waals surface area contributed by atoms with E-state index in [4.69, 9.17) is 4.74 Å². The fraction of sp³-hybridized carbons (Fsp3) is 0.438. The van der Waals surface area contributed by atoms with E-state index in [9.17, 15) is 14.4 Å². The molecule has 0 heterocycles. The minimum atomic E-state index is -0.828. The fourth-order valence-corrected chi connectivity index (χ4v) is 1.56. The van der Waals surface area contributed by atoms with Gasteiger partial charge in [-0.15, -0.1) is 0 Å². The van der Waals surface area contributed by atoms with Crippen molar-refractivity contribution in [3.05, 3.63) is 35.9 Å². The summed E-state index contributed by atoms with van der Waals surface area (Å²) in [4.78, 5) is 35.1. The molecule has 1 rings (SSSR count). The summed E-state index contributed by atoms with van der Waals surface area (Å²) in [7, 11) is 0. The molecule has 1 atom stereocenters. The molecule has 120 valence electrons. The van der Waals surface area contributed by atoms with E-state index in [2.05, 4.69) is 10.6 Å². The smallest absolute Gasteiger partial charge is 0.328 e. The summed E-state index contributed by atoms with van der Waals surface area (Å²) >= 11 is 0. The third-order valence-electron chi connectivity index (χ3n) is 2.79. The molecule has 0 bridgehead atoms. The molecule has 1 aromatic rings. The van der Waals surface area contributed by atoms with Gasteiger partial charge in [-0.2, -0.15) is 0 Å². The second-order valence-electron chi connectivity index (χ2n) is 5.37. The fourth-order valence-electron chi connectivity index (χ4n) is 1.56. The molecule has 0 aliphatic heterocycles. The van der Waals surface area contributed by atoms with Crippen LogP contribution in [0.3, 0.4) is 0 Å². The van der Waals surface area contributed by atoms with Gasteiger partial charge in [-0.25, -0.2) is 4.79 Å². The van der Waals surface area contributed by atoms with E-state index in [1.165, 1.54) is 6.92 Å². The maximum absolute atomic E-state index is 11.9. The molecule has 0 radical (unpaired) electrons. The molecule has 2 N–H and O–H groups in total. The van der Waals surface area contributed by atoms with Crippen LogP contribution in [0.4, 0.5) is 0 Å². The van der Waals surface area contributed by atoms with Gasteiger partial charge >= 0.3 is 5.97 Å². The van der Waals surface area contributed by atoms with Crippen molar-refractivity contribution in [3.63, 3.8) is 0 Å². The zero-order chi connectivity index (χ0) is 16.5. The van der Waals surface area contributed by atoms with Gasteiger partial charge in [0.2, 0.25) is 0 Å². The molecular formula is C16H22N2O4. The standard InChI is InChI=1S/C16H22N2O4/c1-11(2)9-17-14(19)10-22-16(21)12(3)18-15(20)13-7-5-4-6-8-13/h4-8,11-12H,9-10H2,1-3H3,(H,17,19)(H,18,20)/t12-/m0/s1. The Morgan fingerprint density at radius 2 is 1.73 bits per heavy atom. The maximum Gasteiger partial charge on any atom is 0.328 e. The molecule has 0 unspecified atom stereocenters. The lowest BCUT2D eigenvalue weighted by Gasteiger charge is -2.13. The van der Waals surface area contributed by atoms with Gasteiger partial charge in [0.15, 0.2) is 6.61 Å². The Morgan fingerprint density at radius 3 is 2.32 bits per heavy atom. The minimum absolute atomic E-state index is 0.323. The number of carbonyl (C=O) groups is 3. The quantitative estimate of drug-likeness (QED) is 0.739. The van der Waals surface area contributed by atoms with Crippen molar-refractivity contribution in [1.29, 1.82) is 0 Å². The highest BCUT2D eigenvalue weighted by Gasteiger charge is 2.18. The Bertz CT molecular complexity index is 514. The van der Waals surface area contributed by atoms with Crippen LogP contribution < -0.4 is 10.6 Å². The molecule has 0 saturated heterocycles. The predicted octanol–water partition coefficient (Wildman–Crippen LogP) is 1.12. The van der Waals surface area contributed by atoms with Crippen LogP contribution >= 0.6 is 0 Å². The summed E-state index contributed by atoms with van der Waals surface area (Å²) in [6.45, 7) is 5.62. The second kappa shape index (κ2) is 8.81. The summed E-state index contributed by atoms with van der Waals surface area (Å²) in [5.41, 5.74) is 0.455. The number of benzene rings is 1. The van der Waals surface area contributed by atoms with Crippen molar-refractivity contribution in [1.82, 2.24) is 10.6 Å². The number of hydrogen-bond donors (Lipinski definition) is 2. The van der Waals surface area contributed by atoms with Gasteiger partial charge in [0.05, 0.1) is 0 Å². The van der Waals surface area contributed by atoms with E-state index in [-0.39, 0.29) is 18.4 Å². The first kappa shape index (κ1) is 17.7. The van der Waals surface area contributed by atoms with Crippen LogP contribution in [0, 0.1) is 5.92 Å². The number of rotatable bonds is 7. The third kappa shape index (κ3) is 6.39. The Hall–Kier alpha value is -2.37. The molecular weight excluding hydrogens is 284 g/mol. The highest BCUT2D eigenvalue weighted by Crippen LogP contribution is 1.99. The van der Waals surface area contributed by atoms with Crippen LogP contribution in [-0.2, 0) is 14.3 Å². The first-order valence-corrected chi connectivity index (χ1v) is 7.19. The molecule has 0 aliphatic carbocycles.